The number of halogens is 1. The van der Waals surface area contributed by atoms with Gasteiger partial charge in [0.15, 0.2) is 0 Å². The molecule has 0 saturated carbocycles. The van der Waals surface area contributed by atoms with Crippen molar-refractivity contribution in [2.24, 2.45) is 5.92 Å². The van der Waals surface area contributed by atoms with Crippen LogP contribution < -0.4 is 10.5 Å². The van der Waals surface area contributed by atoms with Crippen LogP contribution in [0.4, 0.5) is 5.69 Å². The van der Waals surface area contributed by atoms with Crippen LogP contribution in [0.2, 0.25) is 5.02 Å². The van der Waals surface area contributed by atoms with E-state index in [1.54, 1.807) is 72.8 Å². The van der Waals surface area contributed by atoms with Crippen LogP contribution in [0.15, 0.2) is 72.8 Å². The van der Waals surface area contributed by atoms with E-state index in [0.29, 0.717) is 27.8 Å². The molecule has 3 aromatic rings. The van der Waals surface area contributed by atoms with E-state index in [1.165, 1.54) is 0 Å². The number of nitriles is 1. The lowest BCUT2D eigenvalue weighted by Gasteiger charge is -2.22. The monoisotopic (exact) mass is 434 g/mol. The number of ether oxygens (including phenoxy) is 2. The molecule has 0 spiro atoms. The van der Waals surface area contributed by atoms with Gasteiger partial charge in [-0.05, 0) is 60.0 Å². The maximum absolute atomic E-state index is 13.0. The second-order valence-corrected chi connectivity index (χ2v) is 7.90. The lowest BCUT2D eigenvalue weighted by atomic mass is 9.88. The van der Waals surface area contributed by atoms with E-state index in [9.17, 15) is 10.1 Å². The van der Waals surface area contributed by atoms with E-state index in [0.717, 1.165) is 5.56 Å². The number of esters is 1. The van der Waals surface area contributed by atoms with E-state index in [4.69, 9.17) is 26.8 Å². The number of benzene rings is 3. The number of hydrogen-bond acceptors (Lipinski definition) is 5. The van der Waals surface area contributed by atoms with E-state index < -0.39 is 18.0 Å². The molecule has 0 amide bonds. The Balaban J connectivity index is 1.78. The number of nitrogens with zero attached hydrogens (tertiary/aromatic N) is 1. The highest BCUT2D eigenvalue weighted by Crippen LogP contribution is 2.31. The van der Waals surface area contributed by atoms with Gasteiger partial charge in [-0.1, -0.05) is 49.7 Å². The van der Waals surface area contributed by atoms with Crippen molar-refractivity contribution in [2.75, 3.05) is 5.73 Å². The fourth-order valence-electron chi connectivity index (χ4n) is 3.23. The fraction of sp³-hybridized carbons (Fsp3) is 0.200. The summed E-state index contributed by atoms with van der Waals surface area (Å²) in [5.41, 5.74) is 7.66. The lowest BCUT2D eigenvalue weighted by Crippen LogP contribution is -2.22. The van der Waals surface area contributed by atoms with Crippen molar-refractivity contribution in [3.05, 3.63) is 88.9 Å². The van der Waals surface area contributed by atoms with Crippen LogP contribution in [0.25, 0.3) is 0 Å². The third-order valence-electron chi connectivity index (χ3n) is 4.78. The summed E-state index contributed by atoms with van der Waals surface area (Å²) >= 11 is 5.97. The van der Waals surface area contributed by atoms with Crippen LogP contribution >= 0.6 is 11.6 Å². The summed E-state index contributed by atoms with van der Waals surface area (Å²) in [4.78, 5) is 13.0. The van der Waals surface area contributed by atoms with E-state index in [-0.39, 0.29) is 5.92 Å². The molecular formula is C25H23ClN2O3. The molecule has 0 radical (unpaired) electrons. The van der Waals surface area contributed by atoms with E-state index in [1.807, 2.05) is 13.8 Å². The number of hydrogen-bond donors (Lipinski definition) is 1. The Morgan fingerprint density at radius 2 is 1.65 bits per heavy atom. The summed E-state index contributed by atoms with van der Waals surface area (Å²) in [7, 11) is 0. The van der Waals surface area contributed by atoms with Crippen LogP contribution in [-0.2, 0) is 9.53 Å². The molecule has 2 atom stereocenters. The normalized spacial score (nSPS) is 12.6. The van der Waals surface area contributed by atoms with Gasteiger partial charge in [0.25, 0.3) is 0 Å². The van der Waals surface area contributed by atoms with Gasteiger partial charge in [-0.15, -0.1) is 0 Å². The van der Waals surface area contributed by atoms with Crippen molar-refractivity contribution in [1.82, 2.24) is 0 Å². The first-order valence-electron chi connectivity index (χ1n) is 9.86. The number of nitrogens with two attached hydrogens (primary N) is 1. The molecule has 0 aliphatic rings. The van der Waals surface area contributed by atoms with Crippen LogP contribution in [0.1, 0.15) is 37.0 Å². The fourth-order valence-corrected chi connectivity index (χ4v) is 3.36. The largest absolute Gasteiger partial charge is 0.457 e. The zero-order valence-corrected chi connectivity index (χ0v) is 18.0. The Morgan fingerprint density at radius 3 is 2.26 bits per heavy atom. The van der Waals surface area contributed by atoms with Crippen molar-refractivity contribution in [1.29, 1.82) is 5.26 Å². The number of carbonyl (C=O) groups is 1. The molecule has 0 fully saturated rings. The molecule has 0 aromatic heterocycles. The highest BCUT2D eigenvalue weighted by Gasteiger charge is 2.29. The average molecular weight is 435 g/mol. The number of anilines is 1. The second kappa shape index (κ2) is 10.0. The van der Waals surface area contributed by atoms with Gasteiger partial charge in [-0.2, -0.15) is 5.26 Å². The summed E-state index contributed by atoms with van der Waals surface area (Å²) in [5.74, 6) is 0.139. The Morgan fingerprint density at radius 1 is 0.968 bits per heavy atom. The average Bonchev–Trinajstić information content (AvgIpc) is 2.75. The number of nitrogen functional groups attached to an aromatic ring is 1. The Hall–Kier alpha value is -3.49. The summed E-state index contributed by atoms with van der Waals surface area (Å²) in [5, 5.41) is 10.3. The maximum Gasteiger partial charge on any atom is 0.315 e. The molecule has 2 unspecified atom stereocenters. The van der Waals surface area contributed by atoms with Gasteiger partial charge in [-0.25, -0.2) is 0 Å². The molecule has 0 bridgehead atoms. The molecule has 3 rings (SSSR count). The van der Waals surface area contributed by atoms with Gasteiger partial charge in [0.05, 0.1) is 5.92 Å². The topological polar surface area (TPSA) is 85.3 Å². The van der Waals surface area contributed by atoms with Crippen molar-refractivity contribution < 1.29 is 14.3 Å². The van der Waals surface area contributed by atoms with E-state index >= 15 is 0 Å². The Kier molecular flexibility index (Phi) is 7.17. The first kappa shape index (κ1) is 22.2. The van der Waals surface area contributed by atoms with Crippen LogP contribution in [-0.4, -0.2) is 5.97 Å². The first-order valence-corrected chi connectivity index (χ1v) is 10.2. The van der Waals surface area contributed by atoms with Gasteiger partial charge in [0.1, 0.15) is 17.6 Å². The quantitative estimate of drug-likeness (QED) is 0.350. The van der Waals surface area contributed by atoms with Gasteiger partial charge in [0, 0.05) is 16.3 Å². The van der Waals surface area contributed by atoms with Crippen LogP contribution in [0.5, 0.6) is 11.5 Å². The second-order valence-electron chi connectivity index (χ2n) is 7.46. The van der Waals surface area contributed by atoms with Crippen LogP contribution in [0.3, 0.4) is 0 Å². The number of carbonyl (C=O) groups excluding carboxylic acids is 1. The minimum atomic E-state index is -1.06. The zero-order chi connectivity index (χ0) is 22.4. The Bertz CT molecular complexity index is 1070. The maximum atomic E-state index is 13.0. The highest BCUT2D eigenvalue weighted by atomic mass is 35.5. The molecule has 31 heavy (non-hydrogen) atoms. The molecule has 158 valence electrons. The predicted molar refractivity (Wildman–Crippen MR) is 121 cm³/mol. The van der Waals surface area contributed by atoms with Crippen molar-refractivity contribution >= 4 is 23.3 Å². The van der Waals surface area contributed by atoms with Crippen molar-refractivity contribution in [3.8, 4) is 17.6 Å². The van der Waals surface area contributed by atoms with Gasteiger partial charge in [-0.3, -0.25) is 4.79 Å². The number of rotatable bonds is 7. The minimum absolute atomic E-state index is 0.0202. The van der Waals surface area contributed by atoms with Gasteiger partial charge < -0.3 is 15.2 Å². The summed E-state index contributed by atoms with van der Waals surface area (Å²) < 4.78 is 11.4. The zero-order valence-electron chi connectivity index (χ0n) is 17.3. The van der Waals surface area contributed by atoms with Gasteiger partial charge >= 0.3 is 5.97 Å². The lowest BCUT2D eigenvalue weighted by molar-refractivity contribution is -0.150. The third kappa shape index (κ3) is 5.78. The van der Waals surface area contributed by atoms with Crippen LogP contribution in [0, 0.1) is 17.2 Å². The van der Waals surface area contributed by atoms with E-state index in [2.05, 4.69) is 6.07 Å². The molecular weight excluding hydrogens is 412 g/mol. The summed E-state index contributed by atoms with van der Waals surface area (Å²) in [6.45, 7) is 3.87. The Labute approximate surface area is 187 Å². The molecule has 3 aromatic carbocycles. The predicted octanol–water partition coefficient (Wildman–Crippen LogP) is 6.26. The molecule has 0 aliphatic carbocycles. The van der Waals surface area contributed by atoms with Crippen molar-refractivity contribution in [2.45, 2.75) is 25.9 Å². The molecule has 2 N–H and O–H groups in total. The summed E-state index contributed by atoms with van der Waals surface area (Å²) in [6.07, 6.45) is -1.06. The van der Waals surface area contributed by atoms with Gasteiger partial charge in [0.2, 0.25) is 6.10 Å². The smallest absolute Gasteiger partial charge is 0.315 e. The first-order chi connectivity index (χ1) is 14.9. The molecule has 0 aliphatic heterocycles. The van der Waals surface area contributed by atoms with Crippen molar-refractivity contribution in [3.63, 3.8) is 0 Å². The minimum Gasteiger partial charge on any atom is -0.457 e. The molecule has 6 heteroatoms. The summed E-state index contributed by atoms with van der Waals surface area (Å²) in [6, 6.07) is 23.0. The molecule has 5 nitrogen and oxygen atoms in total. The molecule has 0 saturated heterocycles. The molecule has 0 heterocycles. The third-order valence-corrected chi connectivity index (χ3v) is 5.03. The SMILES string of the molecule is CC(C)C(C(=O)OC(C#N)c1cccc(Oc2ccc(N)cc2)c1)c1ccc(Cl)cc1. The standard InChI is InChI=1S/C25H23ClN2O3/c1-16(2)24(17-6-8-19(26)9-7-17)25(29)31-23(15-27)18-4-3-5-22(14-18)30-21-12-10-20(28)11-13-21/h3-14,16,23-24H,28H2,1-2H3. The highest BCUT2D eigenvalue weighted by molar-refractivity contribution is 6.30.